The molecule has 0 radical (unpaired) electrons. The molecule has 2 N–H and O–H groups in total. The Morgan fingerprint density at radius 1 is 1.21 bits per heavy atom. The summed E-state index contributed by atoms with van der Waals surface area (Å²) in [4.78, 5) is 4.82. The predicted octanol–water partition coefficient (Wildman–Crippen LogP) is 1.41. The summed E-state index contributed by atoms with van der Waals surface area (Å²) in [5.41, 5.74) is 7.16. The van der Waals surface area contributed by atoms with Gasteiger partial charge in [0.25, 0.3) is 0 Å². The molecule has 4 heteroatoms. The number of nitrogens with two attached hydrogens (primary N) is 1. The van der Waals surface area contributed by atoms with Crippen LogP contribution >= 0.6 is 0 Å². The molecule has 1 heterocycles. The second-order valence-electron chi connectivity index (χ2n) is 5.54. The molecule has 4 nitrogen and oxygen atoms in total. The number of nitrogens with zero attached hydrogens (tertiary/aromatic N) is 2. The lowest BCUT2D eigenvalue weighted by molar-refractivity contribution is 0.244. The summed E-state index contributed by atoms with van der Waals surface area (Å²) in [5, 5.41) is 0. The number of likely N-dealkylation sites (N-methyl/N-ethyl adjacent to an activating group) is 1. The summed E-state index contributed by atoms with van der Waals surface area (Å²) in [5.74, 6) is 1.54. The van der Waals surface area contributed by atoms with Gasteiger partial charge >= 0.3 is 0 Å². The largest absolute Gasteiger partial charge is 0.497 e. The van der Waals surface area contributed by atoms with Gasteiger partial charge in [-0.3, -0.25) is 0 Å². The first-order valence-electron chi connectivity index (χ1n) is 6.93. The molecular weight excluding hydrogens is 238 g/mol. The van der Waals surface area contributed by atoms with Crippen LogP contribution in [0.3, 0.4) is 0 Å². The highest BCUT2D eigenvalue weighted by molar-refractivity contribution is 5.49. The van der Waals surface area contributed by atoms with Crippen LogP contribution in [0, 0.1) is 5.92 Å². The van der Waals surface area contributed by atoms with E-state index in [-0.39, 0.29) is 0 Å². The highest BCUT2D eigenvalue weighted by Gasteiger charge is 2.24. The highest BCUT2D eigenvalue weighted by Crippen LogP contribution is 2.23. The summed E-state index contributed by atoms with van der Waals surface area (Å²) in [6, 6.07) is 8.72. The van der Waals surface area contributed by atoms with Gasteiger partial charge in [0.2, 0.25) is 0 Å². The molecule has 0 amide bonds. The van der Waals surface area contributed by atoms with Crippen molar-refractivity contribution in [3.8, 4) is 5.75 Å². The van der Waals surface area contributed by atoms with Crippen molar-refractivity contribution in [3.63, 3.8) is 0 Å². The number of ether oxygens (including phenoxy) is 1. The van der Waals surface area contributed by atoms with Crippen molar-refractivity contribution < 1.29 is 4.74 Å². The Morgan fingerprint density at radius 2 is 1.89 bits per heavy atom. The molecule has 0 saturated carbocycles. The van der Waals surface area contributed by atoms with Crippen LogP contribution in [-0.4, -0.2) is 51.3 Å². The maximum atomic E-state index is 5.91. The lowest BCUT2D eigenvalue weighted by Crippen LogP contribution is -2.43. The van der Waals surface area contributed by atoms with E-state index in [1.54, 1.807) is 7.11 Å². The monoisotopic (exact) mass is 263 g/mol. The van der Waals surface area contributed by atoms with Gasteiger partial charge in [0.1, 0.15) is 5.75 Å². The minimum atomic E-state index is 0.423. The van der Waals surface area contributed by atoms with Crippen molar-refractivity contribution in [1.29, 1.82) is 0 Å². The topological polar surface area (TPSA) is 41.7 Å². The third-order valence-corrected chi connectivity index (χ3v) is 3.90. The lowest BCUT2D eigenvalue weighted by Gasteiger charge is -2.29. The minimum absolute atomic E-state index is 0.423. The van der Waals surface area contributed by atoms with Crippen LogP contribution in [0.4, 0.5) is 5.69 Å². The third kappa shape index (κ3) is 3.39. The second kappa shape index (κ2) is 6.26. The quantitative estimate of drug-likeness (QED) is 0.895. The van der Waals surface area contributed by atoms with Gasteiger partial charge in [0.15, 0.2) is 0 Å². The zero-order valence-corrected chi connectivity index (χ0v) is 12.2. The Balaban J connectivity index is 2.16. The Hall–Kier alpha value is -1.26. The molecule has 106 valence electrons. The van der Waals surface area contributed by atoms with Crippen LogP contribution in [-0.2, 0) is 0 Å². The molecule has 2 unspecified atom stereocenters. The molecule has 0 spiro atoms. The number of rotatable bonds is 3. The number of hydrogen-bond acceptors (Lipinski definition) is 4. The Labute approximate surface area is 116 Å². The van der Waals surface area contributed by atoms with E-state index < -0.39 is 0 Å². The van der Waals surface area contributed by atoms with Crippen LogP contribution in [0.15, 0.2) is 24.3 Å². The van der Waals surface area contributed by atoms with Crippen molar-refractivity contribution in [2.24, 2.45) is 11.7 Å². The molecule has 1 aliphatic heterocycles. The average molecular weight is 263 g/mol. The molecule has 1 saturated heterocycles. The van der Waals surface area contributed by atoms with Crippen molar-refractivity contribution in [2.75, 3.05) is 45.2 Å². The van der Waals surface area contributed by atoms with Gasteiger partial charge in [-0.1, -0.05) is 6.92 Å². The van der Waals surface area contributed by atoms with Crippen molar-refractivity contribution >= 4 is 5.69 Å². The van der Waals surface area contributed by atoms with Crippen LogP contribution in [0.1, 0.15) is 6.92 Å². The van der Waals surface area contributed by atoms with Crippen molar-refractivity contribution in [2.45, 2.75) is 13.0 Å². The summed E-state index contributed by atoms with van der Waals surface area (Å²) < 4.78 is 5.21. The molecule has 0 aliphatic carbocycles. The van der Waals surface area contributed by atoms with E-state index in [2.05, 4.69) is 35.9 Å². The first-order chi connectivity index (χ1) is 9.13. The molecule has 1 aliphatic rings. The van der Waals surface area contributed by atoms with E-state index in [0.717, 1.165) is 25.4 Å². The Bertz CT molecular complexity index is 393. The first kappa shape index (κ1) is 14.2. The number of benzene rings is 1. The van der Waals surface area contributed by atoms with Gasteiger partial charge in [-0.05, 0) is 37.2 Å². The fraction of sp³-hybridized carbons (Fsp3) is 0.600. The molecular formula is C15H25N3O. The fourth-order valence-corrected chi connectivity index (χ4v) is 2.80. The molecule has 1 aromatic rings. The van der Waals surface area contributed by atoms with Crippen LogP contribution in [0.5, 0.6) is 5.75 Å². The van der Waals surface area contributed by atoms with E-state index in [0.29, 0.717) is 18.5 Å². The van der Waals surface area contributed by atoms with E-state index in [1.165, 1.54) is 5.69 Å². The van der Waals surface area contributed by atoms with E-state index in [1.807, 2.05) is 12.1 Å². The van der Waals surface area contributed by atoms with E-state index >= 15 is 0 Å². The smallest absolute Gasteiger partial charge is 0.119 e. The SMILES string of the molecule is COc1ccc(N2CC(C)CN(C)C(CN)C2)cc1. The Morgan fingerprint density at radius 3 is 2.47 bits per heavy atom. The zero-order chi connectivity index (χ0) is 13.8. The van der Waals surface area contributed by atoms with E-state index in [4.69, 9.17) is 10.5 Å². The van der Waals surface area contributed by atoms with Gasteiger partial charge in [-0.15, -0.1) is 0 Å². The summed E-state index contributed by atoms with van der Waals surface area (Å²) in [7, 11) is 3.87. The molecule has 1 fully saturated rings. The lowest BCUT2D eigenvalue weighted by atomic mass is 10.1. The maximum absolute atomic E-state index is 5.91. The normalized spacial score (nSPS) is 25.2. The van der Waals surface area contributed by atoms with Gasteiger partial charge in [0.05, 0.1) is 7.11 Å². The first-order valence-corrected chi connectivity index (χ1v) is 6.93. The number of hydrogen-bond donors (Lipinski definition) is 1. The fourth-order valence-electron chi connectivity index (χ4n) is 2.80. The molecule has 1 aromatic carbocycles. The second-order valence-corrected chi connectivity index (χ2v) is 5.54. The van der Waals surface area contributed by atoms with Crippen LogP contribution in [0.25, 0.3) is 0 Å². The van der Waals surface area contributed by atoms with Crippen LogP contribution < -0.4 is 15.4 Å². The highest BCUT2D eigenvalue weighted by atomic mass is 16.5. The number of methoxy groups -OCH3 is 1. The average Bonchev–Trinajstić information content (AvgIpc) is 2.57. The molecule has 2 rings (SSSR count). The third-order valence-electron chi connectivity index (χ3n) is 3.90. The van der Waals surface area contributed by atoms with Gasteiger partial charge < -0.3 is 20.3 Å². The standard InChI is InChI=1S/C15H25N3O/c1-12-9-17(2)14(8-16)11-18(10-12)13-4-6-15(19-3)7-5-13/h4-7,12,14H,8-11,16H2,1-3H3. The summed E-state index contributed by atoms with van der Waals surface area (Å²) >= 11 is 0. The van der Waals surface area contributed by atoms with Gasteiger partial charge in [-0.2, -0.15) is 0 Å². The molecule has 0 bridgehead atoms. The van der Waals surface area contributed by atoms with Crippen molar-refractivity contribution in [1.82, 2.24) is 4.90 Å². The van der Waals surface area contributed by atoms with Crippen LogP contribution in [0.2, 0.25) is 0 Å². The maximum Gasteiger partial charge on any atom is 0.119 e. The molecule has 19 heavy (non-hydrogen) atoms. The molecule has 0 aromatic heterocycles. The number of anilines is 1. The zero-order valence-electron chi connectivity index (χ0n) is 12.2. The van der Waals surface area contributed by atoms with Gasteiger partial charge in [0, 0.05) is 37.9 Å². The summed E-state index contributed by atoms with van der Waals surface area (Å²) in [6.07, 6.45) is 0. The molecule has 2 atom stereocenters. The van der Waals surface area contributed by atoms with Gasteiger partial charge in [-0.25, -0.2) is 0 Å². The minimum Gasteiger partial charge on any atom is -0.497 e. The predicted molar refractivity (Wildman–Crippen MR) is 79.8 cm³/mol. The van der Waals surface area contributed by atoms with E-state index in [9.17, 15) is 0 Å². The summed E-state index contributed by atoms with van der Waals surface area (Å²) in [6.45, 7) is 6.17. The van der Waals surface area contributed by atoms with Crippen molar-refractivity contribution in [3.05, 3.63) is 24.3 Å². The Kier molecular flexibility index (Phi) is 4.66.